The first-order valence-corrected chi connectivity index (χ1v) is 32.5. The van der Waals surface area contributed by atoms with Crippen molar-refractivity contribution in [2.24, 2.45) is 11.8 Å². The third kappa shape index (κ3) is 51.3. The van der Waals surface area contributed by atoms with Crippen LogP contribution in [0.1, 0.15) is 266 Å². The van der Waals surface area contributed by atoms with Gasteiger partial charge in [0.05, 0.1) is 26.4 Å². The summed E-state index contributed by atoms with van der Waals surface area (Å²) in [6.07, 6.45) is 28.5. The minimum absolute atomic E-state index is 0.103. The normalized spacial score (nSPS) is 14.5. The predicted molar refractivity (Wildman–Crippen MR) is 294 cm³/mol. The quantitative estimate of drug-likeness (QED) is 0.0222. The zero-order chi connectivity index (χ0) is 55.8. The molecule has 0 aliphatic carbocycles. The number of hydrogen-bond donors (Lipinski definition) is 3. The number of carbonyl (C=O) groups is 4. The van der Waals surface area contributed by atoms with Gasteiger partial charge in [-0.3, -0.25) is 37.3 Å². The summed E-state index contributed by atoms with van der Waals surface area (Å²) in [5.74, 6) is -0.719. The van der Waals surface area contributed by atoms with Gasteiger partial charge in [-0.1, -0.05) is 215 Å². The predicted octanol–water partition coefficient (Wildman–Crippen LogP) is 14.5. The summed E-state index contributed by atoms with van der Waals surface area (Å²) < 4.78 is 67.4. The largest absolute Gasteiger partial charge is 0.472 e. The fraction of sp³-hybridized carbons (Fsp3) is 0.929. The number of phosphoric ester groups is 2. The van der Waals surface area contributed by atoms with Crippen LogP contribution in [0.2, 0.25) is 0 Å². The van der Waals surface area contributed by atoms with Crippen LogP contribution >= 0.6 is 15.6 Å². The Bertz CT molecular complexity index is 1500. The summed E-state index contributed by atoms with van der Waals surface area (Å²) in [6.45, 7) is 9.23. The van der Waals surface area contributed by atoms with Crippen molar-refractivity contribution in [2.75, 3.05) is 39.6 Å². The summed E-state index contributed by atoms with van der Waals surface area (Å²) >= 11 is 0. The maximum absolute atomic E-state index is 12.9. The zero-order valence-corrected chi connectivity index (χ0v) is 49.6. The molecule has 19 heteroatoms. The molecule has 0 radical (unpaired) electrons. The van der Waals surface area contributed by atoms with E-state index >= 15 is 0 Å². The Kier molecular flexibility index (Phi) is 47.9. The molecule has 0 aromatic rings. The minimum atomic E-state index is -4.93. The van der Waals surface area contributed by atoms with Crippen LogP contribution in [-0.2, 0) is 65.4 Å². The number of ether oxygens (including phenoxy) is 4. The Balaban J connectivity index is 5.19. The Labute approximate surface area is 454 Å². The molecule has 3 N–H and O–H groups in total. The molecule has 0 aromatic carbocycles. The average molecular weight is 1120 g/mol. The molecule has 444 valence electrons. The molecule has 5 atom stereocenters. The van der Waals surface area contributed by atoms with Crippen LogP contribution in [0.3, 0.4) is 0 Å². The number of unbranched alkanes of at least 4 members (excludes halogenated alkanes) is 25. The number of hydrogen-bond acceptors (Lipinski definition) is 15. The Morgan fingerprint density at radius 3 is 0.907 bits per heavy atom. The third-order valence-corrected chi connectivity index (χ3v) is 14.6. The van der Waals surface area contributed by atoms with Crippen LogP contribution in [0.15, 0.2) is 0 Å². The van der Waals surface area contributed by atoms with Gasteiger partial charge in [-0.05, 0) is 37.5 Å². The van der Waals surface area contributed by atoms with E-state index in [1.54, 1.807) is 0 Å². The highest BCUT2D eigenvalue weighted by Crippen LogP contribution is 2.45. The lowest BCUT2D eigenvalue weighted by molar-refractivity contribution is -0.161. The number of aliphatic hydroxyl groups excluding tert-OH is 1. The van der Waals surface area contributed by atoms with Gasteiger partial charge in [0, 0.05) is 25.7 Å². The van der Waals surface area contributed by atoms with Gasteiger partial charge in [0.25, 0.3) is 0 Å². The molecule has 0 aliphatic rings. The van der Waals surface area contributed by atoms with Crippen molar-refractivity contribution in [3.63, 3.8) is 0 Å². The number of rotatable bonds is 55. The van der Waals surface area contributed by atoms with Crippen molar-refractivity contribution in [1.82, 2.24) is 0 Å². The molecule has 0 spiro atoms. The summed E-state index contributed by atoms with van der Waals surface area (Å²) in [5, 5.41) is 10.5. The minimum Gasteiger partial charge on any atom is -0.462 e. The van der Waals surface area contributed by atoms with Gasteiger partial charge in [0.2, 0.25) is 0 Å². The fourth-order valence-electron chi connectivity index (χ4n) is 8.12. The van der Waals surface area contributed by atoms with Gasteiger partial charge in [0.15, 0.2) is 12.2 Å². The lowest BCUT2D eigenvalue weighted by atomic mass is 10.0. The maximum Gasteiger partial charge on any atom is 0.472 e. The van der Waals surface area contributed by atoms with E-state index in [2.05, 4.69) is 41.5 Å². The third-order valence-electron chi connectivity index (χ3n) is 12.7. The van der Waals surface area contributed by atoms with E-state index in [0.29, 0.717) is 31.6 Å². The second-order valence-corrected chi connectivity index (χ2v) is 24.2. The van der Waals surface area contributed by atoms with Crippen molar-refractivity contribution in [3.8, 4) is 0 Å². The van der Waals surface area contributed by atoms with Crippen molar-refractivity contribution < 1.29 is 80.2 Å². The molecule has 0 saturated carbocycles. The van der Waals surface area contributed by atoms with Crippen molar-refractivity contribution >= 4 is 39.5 Å². The summed E-state index contributed by atoms with van der Waals surface area (Å²) in [4.78, 5) is 71.5. The zero-order valence-electron chi connectivity index (χ0n) is 47.8. The molecule has 0 fully saturated rings. The van der Waals surface area contributed by atoms with Crippen LogP contribution in [0.25, 0.3) is 0 Å². The Morgan fingerprint density at radius 2 is 0.613 bits per heavy atom. The summed E-state index contributed by atoms with van der Waals surface area (Å²) in [5.41, 5.74) is 0. The first-order valence-electron chi connectivity index (χ1n) is 29.5. The Hall–Kier alpha value is -1.94. The lowest BCUT2D eigenvalue weighted by Gasteiger charge is -2.21. The first kappa shape index (κ1) is 73.1. The highest BCUT2D eigenvalue weighted by Gasteiger charge is 2.30. The van der Waals surface area contributed by atoms with Crippen LogP contribution in [0.4, 0.5) is 0 Å². The molecule has 0 aliphatic heterocycles. The molecular formula is C56H108O17P2. The van der Waals surface area contributed by atoms with Gasteiger partial charge < -0.3 is 33.8 Å². The SMILES string of the molecule is CCCCCCCCCCC(=O)O[C@H](COC(=O)CCCCCCC)COP(=O)(O)OC[C@H](O)COP(=O)(O)OC[C@@H](COC(=O)CCCCCCCCCC(C)C)OC(=O)CCCCCCCCCCCC(C)C. The molecule has 0 rings (SSSR count). The van der Waals surface area contributed by atoms with E-state index in [0.717, 1.165) is 115 Å². The number of phosphoric acid groups is 2. The number of carbonyl (C=O) groups excluding carboxylic acids is 4. The van der Waals surface area contributed by atoms with Gasteiger partial charge in [-0.25, -0.2) is 9.13 Å². The van der Waals surface area contributed by atoms with Gasteiger partial charge >= 0.3 is 39.5 Å². The molecule has 75 heavy (non-hydrogen) atoms. The monoisotopic (exact) mass is 1110 g/mol. The average Bonchev–Trinajstić information content (AvgIpc) is 3.36. The van der Waals surface area contributed by atoms with E-state index in [1.807, 2.05) is 0 Å². The molecule has 0 bridgehead atoms. The lowest BCUT2D eigenvalue weighted by Crippen LogP contribution is -2.30. The van der Waals surface area contributed by atoms with E-state index < -0.39 is 97.5 Å². The second kappa shape index (κ2) is 49.1. The molecule has 0 heterocycles. The van der Waals surface area contributed by atoms with E-state index in [-0.39, 0.29) is 25.7 Å². The number of aliphatic hydroxyl groups is 1. The van der Waals surface area contributed by atoms with E-state index in [9.17, 15) is 43.2 Å². The van der Waals surface area contributed by atoms with Gasteiger partial charge in [-0.15, -0.1) is 0 Å². The van der Waals surface area contributed by atoms with Crippen LogP contribution in [0.5, 0.6) is 0 Å². The highest BCUT2D eigenvalue weighted by atomic mass is 31.2. The highest BCUT2D eigenvalue weighted by molar-refractivity contribution is 7.47. The van der Waals surface area contributed by atoms with Crippen LogP contribution < -0.4 is 0 Å². The van der Waals surface area contributed by atoms with Crippen LogP contribution in [0, 0.1) is 11.8 Å². The smallest absolute Gasteiger partial charge is 0.462 e. The fourth-order valence-corrected chi connectivity index (χ4v) is 9.70. The van der Waals surface area contributed by atoms with E-state index in [4.69, 9.17) is 37.0 Å². The van der Waals surface area contributed by atoms with Crippen molar-refractivity contribution in [3.05, 3.63) is 0 Å². The van der Waals surface area contributed by atoms with Crippen LogP contribution in [-0.4, -0.2) is 96.7 Å². The van der Waals surface area contributed by atoms with Gasteiger partial charge in [0.1, 0.15) is 19.3 Å². The van der Waals surface area contributed by atoms with Crippen molar-refractivity contribution in [2.45, 2.75) is 285 Å². The second-order valence-electron chi connectivity index (χ2n) is 21.3. The van der Waals surface area contributed by atoms with Crippen molar-refractivity contribution in [1.29, 1.82) is 0 Å². The summed E-state index contributed by atoms with van der Waals surface area (Å²) in [6, 6.07) is 0. The molecule has 0 aromatic heterocycles. The molecule has 2 unspecified atom stereocenters. The standard InChI is InChI=1S/C56H108O17P2/c1-7-9-11-13-14-21-28-34-40-55(60)72-51(44-66-53(58)38-32-24-12-10-8-2)46-70-74(62,63)68-42-50(57)43-69-75(64,65)71-47-52(45-67-54(59)39-33-27-23-18-20-26-31-37-49(5)6)73-56(61)41-35-29-22-17-15-16-19-25-30-36-48(3)4/h48-52,57H,7-47H2,1-6H3,(H,62,63)(H,64,65)/t50-,51+,52+/m0/s1. The Morgan fingerprint density at radius 1 is 0.360 bits per heavy atom. The summed E-state index contributed by atoms with van der Waals surface area (Å²) in [7, 11) is -9.86. The maximum atomic E-state index is 12.9. The molecule has 0 saturated heterocycles. The number of esters is 4. The molecule has 17 nitrogen and oxygen atoms in total. The van der Waals surface area contributed by atoms with E-state index in [1.165, 1.54) is 64.2 Å². The topological polar surface area (TPSA) is 237 Å². The first-order chi connectivity index (χ1) is 35.9. The molecule has 0 amide bonds. The van der Waals surface area contributed by atoms with Gasteiger partial charge in [-0.2, -0.15) is 0 Å². The molecular weight excluding hydrogens is 1010 g/mol.